The molecule has 1 saturated carbocycles. The molecule has 3 atom stereocenters. The molecule has 0 aliphatic heterocycles. The summed E-state index contributed by atoms with van der Waals surface area (Å²) in [7, 11) is -3.44. The predicted octanol–water partition coefficient (Wildman–Crippen LogP) is 2.95. The van der Waals surface area contributed by atoms with Gasteiger partial charge in [-0.2, -0.15) is 0 Å². The third-order valence-electron chi connectivity index (χ3n) is 4.49. The number of rotatable bonds is 3. The Hall–Kier alpha value is -0.870. The Balaban J connectivity index is 2.29. The maximum atomic E-state index is 12.7. The highest BCUT2D eigenvalue weighted by atomic mass is 32.2. The van der Waals surface area contributed by atoms with E-state index in [1.807, 2.05) is 19.1 Å². The van der Waals surface area contributed by atoms with Gasteiger partial charge in [-0.1, -0.05) is 31.5 Å². The van der Waals surface area contributed by atoms with Gasteiger partial charge in [-0.25, -0.2) is 8.42 Å². The first-order valence-corrected chi connectivity index (χ1v) is 8.85. The normalized spacial score (nSPS) is 27.8. The lowest BCUT2D eigenvalue weighted by molar-refractivity contribution is 0.0997. The van der Waals surface area contributed by atoms with E-state index in [1.165, 1.54) is 0 Å². The fourth-order valence-corrected chi connectivity index (χ4v) is 4.90. The predicted molar refractivity (Wildman–Crippen MR) is 80.3 cm³/mol. The molecule has 1 aromatic carbocycles. The molecule has 0 radical (unpaired) electrons. The lowest BCUT2D eigenvalue weighted by atomic mass is 9.80. The van der Waals surface area contributed by atoms with Crippen molar-refractivity contribution in [3.8, 4) is 0 Å². The summed E-state index contributed by atoms with van der Waals surface area (Å²) in [6.07, 6.45) is 1.32. The Morgan fingerprint density at radius 1 is 1.15 bits per heavy atom. The Morgan fingerprint density at radius 2 is 1.75 bits per heavy atom. The lowest BCUT2D eigenvalue weighted by Gasteiger charge is -2.34. The van der Waals surface area contributed by atoms with Crippen LogP contribution in [0.5, 0.6) is 0 Å². The molecule has 20 heavy (non-hydrogen) atoms. The zero-order chi connectivity index (χ0) is 14.9. The highest BCUT2D eigenvalue weighted by Crippen LogP contribution is 2.35. The smallest absolute Gasteiger partial charge is 0.183 e. The number of hydrogen-bond donors (Lipinski definition) is 1. The van der Waals surface area contributed by atoms with Gasteiger partial charge in [0.15, 0.2) is 9.84 Å². The molecule has 3 nitrogen and oxygen atoms in total. The van der Waals surface area contributed by atoms with E-state index >= 15 is 0 Å². The van der Waals surface area contributed by atoms with Gasteiger partial charge in [0.1, 0.15) is 0 Å². The fraction of sp³-hybridized carbons (Fsp3) is 0.625. The van der Waals surface area contributed by atoms with Crippen LogP contribution < -0.4 is 0 Å². The standard InChI is InChI=1S/C16H24O3S/c1-11(2)13-6-9-15(17)16(10-13)20(18,19)14-7-4-12(3)5-8-14/h4-5,7-8,11,13,15-17H,6,9-10H2,1-3H3. The second kappa shape index (κ2) is 5.86. The summed E-state index contributed by atoms with van der Waals surface area (Å²) in [4.78, 5) is 0.330. The molecule has 1 aliphatic rings. The number of hydrogen-bond acceptors (Lipinski definition) is 3. The van der Waals surface area contributed by atoms with Crippen molar-refractivity contribution < 1.29 is 13.5 Å². The minimum Gasteiger partial charge on any atom is -0.392 e. The van der Waals surface area contributed by atoms with Crippen molar-refractivity contribution in [1.29, 1.82) is 0 Å². The van der Waals surface area contributed by atoms with Gasteiger partial charge in [-0.05, 0) is 50.2 Å². The third kappa shape index (κ3) is 3.07. The van der Waals surface area contributed by atoms with Gasteiger partial charge in [0.05, 0.1) is 16.2 Å². The zero-order valence-electron chi connectivity index (χ0n) is 12.4. The topological polar surface area (TPSA) is 54.4 Å². The van der Waals surface area contributed by atoms with Crippen molar-refractivity contribution in [1.82, 2.24) is 0 Å². The summed E-state index contributed by atoms with van der Waals surface area (Å²) < 4.78 is 25.4. The summed E-state index contributed by atoms with van der Waals surface area (Å²) in [5, 5.41) is 9.48. The molecule has 0 saturated heterocycles. The van der Waals surface area contributed by atoms with E-state index in [4.69, 9.17) is 0 Å². The minimum absolute atomic E-state index is 0.330. The van der Waals surface area contributed by atoms with Crippen molar-refractivity contribution in [3.05, 3.63) is 29.8 Å². The number of aliphatic hydroxyl groups excluding tert-OH is 1. The fourth-order valence-electron chi connectivity index (χ4n) is 2.99. The zero-order valence-corrected chi connectivity index (χ0v) is 13.2. The molecule has 3 unspecified atom stereocenters. The first-order valence-electron chi connectivity index (χ1n) is 7.31. The molecule has 0 aromatic heterocycles. The number of aryl methyl sites for hydroxylation is 1. The average molecular weight is 296 g/mol. The molecule has 4 heteroatoms. The molecule has 0 bridgehead atoms. The molecule has 1 N–H and O–H groups in total. The number of sulfone groups is 1. The first kappa shape index (κ1) is 15.5. The Morgan fingerprint density at radius 3 is 2.30 bits per heavy atom. The molecule has 2 rings (SSSR count). The molecular weight excluding hydrogens is 272 g/mol. The van der Waals surface area contributed by atoms with Crippen LogP contribution in [0.25, 0.3) is 0 Å². The van der Waals surface area contributed by atoms with E-state index in [-0.39, 0.29) is 0 Å². The largest absolute Gasteiger partial charge is 0.392 e. The minimum atomic E-state index is -3.44. The highest BCUT2D eigenvalue weighted by molar-refractivity contribution is 7.92. The van der Waals surface area contributed by atoms with Crippen molar-refractivity contribution in [3.63, 3.8) is 0 Å². The molecular formula is C16H24O3S. The average Bonchev–Trinajstić information content (AvgIpc) is 2.39. The number of aliphatic hydroxyl groups is 1. The van der Waals surface area contributed by atoms with Crippen LogP contribution >= 0.6 is 0 Å². The second-order valence-electron chi connectivity index (χ2n) is 6.28. The van der Waals surface area contributed by atoms with Gasteiger partial charge in [0.2, 0.25) is 0 Å². The molecule has 1 aromatic rings. The lowest BCUT2D eigenvalue weighted by Crippen LogP contribution is -2.41. The second-order valence-corrected chi connectivity index (χ2v) is 8.45. The number of benzene rings is 1. The van der Waals surface area contributed by atoms with E-state index in [2.05, 4.69) is 13.8 Å². The quantitative estimate of drug-likeness (QED) is 0.933. The molecule has 0 amide bonds. The van der Waals surface area contributed by atoms with Crippen LogP contribution in [0.15, 0.2) is 29.2 Å². The maximum absolute atomic E-state index is 12.7. The molecule has 0 heterocycles. The highest BCUT2D eigenvalue weighted by Gasteiger charge is 2.39. The van der Waals surface area contributed by atoms with Gasteiger partial charge < -0.3 is 5.11 Å². The summed E-state index contributed by atoms with van der Waals surface area (Å²) in [6, 6.07) is 6.91. The van der Waals surface area contributed by atoms with Crippen LogP contribution in [0, 0.1) is 18.8 Å². The van der Waals surface area contributed by atoms with Crippen molar-refractivity contribution >= 4 is 9.84 Å². The van der Waals surface area contributed by atoms with E-state index in [0.717, 1.165) is 12.0 Å². The monoisotopic (exact) mass is 296 g/mol. The van der Waals surface area contributed by atoms with Gasteiger partial charge >= 0.3 is 0 Å². The van der Waals surface area contributed by atoms with E-state index < -0.39 is 21.2 Å². The van der Waals surface area contributed by atoms with E-state index in [0.29, 0.717) is 29.6 Å². The van der Waals surface area contributed by atoms with Crippen LogP contribution in [0.1, 0.15) is 38.7 Å². The van der Waals surface area contributed by atoms with Crippen molar-refractivity contribution in [2.45, 2.75) is 56.3 Å². The molecule has 1 fully saturated rings. The first-order chi connectivity index (χ1) is 9.32. The van der Waals surface area contributed by atoms with E-state index in [9.17, 15) is 13.5 Å². The van der Waals surface area contributed by atoms with Crippen LogP contribution in [0.4, 0.5) is 0 Å². The van der Waals surface area contributed by atoms with Gasteiger partial charge in [0.25, 0.3) is 0 Å². The maximum Gasteiger partial charge on any atom is 0.183 e. The molecule has 112 valence electrons. The Kier molecular flexibility index (Phi) is 4.55. The summed E-state index contributed by atoms with van der Waals surface area (Å²) in [5.74, 6) is 0.835. The third-order valence-corrected chi connectivity index (χ3v) is 6.72. The van der Waals surface area contributed by atoms with Gasteiger partial charge in [0, 0.05) is 0 Å². The molecule has 1 aliphatic carbocycles. The summed E-state index contributed by atoms with van der Waals surface area (Å²) in [5.41, 5.74) is 1.04. The van der Waals surface area contributed by atoms with Crippen LogP contribution in [-0.2, 0) is 9.84 Å². The molecule has 0 spiro atoms. The summed E-state index contributed by atoms with van der Waals surface area (Å²) in [6.45, 7) is 6.18. The summed E-state index contributed by atoms with van der Waals surface area (Å²) >= 11 is 0. The van der Waals surface area contributed by atoms with Crippen LogP contribution in [0.2, 0.25) is 0 Å². The Bertz CT molecular complexity index is 546. The van der Waals surface area contributed by atoms with Crippen LogP contribution in [0.3, 0.4) is 0 Å². The SMILES string of the molecule is Cc1ccc(S(=O)(=O)C2CC(C(C)C)CCC2O)cc1. The van der Waals surface area contributed by atoms with Crippen molar-refractivity contribution in [2.24, 2.45) is 11.8 Å². The van der Waals surface area contributed by atoms with Crippen molar-refractivity contribution in [2.75, 3.05) is 0 Å². The van der Waals surface area contributed by atoms with Gasteiger partial charge in [-0.15, -0.1) is 0 Å². The Labute approximate surface area is 121 Å². The van der Waals surface area contributed by atoms with E-state index in [1.54, 1.807) is 12.1 Å². The van der Waals surface area contributed by atoms with Gasteiger partial charge in [-0.3, -0.25) is 0 Å². The van der Waals surface area contributed by atoms with Crippen LogP contribution in [-0.4, -0.2) is 24.9 Å².